The predicted octanol–water partition coefficient (Wildman–Crippen LogP) is 1.94. The Hall–Kier alpha value is -0.120. The first-order chi connectivity index (χ1) is 10.9. The van der Waals surface area contributed by atoms with E-state index in [-0.39, 0.29) is 29.4 Å². The largest absolute Gasteiger partial charge is 0.379 e. The lowest BCUT2D eigenvalue weighted by molar-refractivity contribution is 0.0168. The van der Waals surface area contributed by atoms with E-state index >= 15 is 0 Å². The van der Waals surface area contributed by atoms with E-state index in [1.807, 2.05) is 7.05 Å². The van der Waals surface area contributed by atoms with E-state index in [9.17, 15) is 0 Å². The molecule has 1 aliphatic rings. The standard InChI is InChI=1S/C17H36N4O2.HI/c1-17(2,14-21(4)5)13-20-16(18-3)19-9-7-10-22-12-15-8-6-11-23-15;/h15H,6-14H2,1-5H3,(H2,18,19,20);1H. The van der Waals surface area contributed by atoms with Gasteiger partial charge in [-0.15, -0.1) is 24.0 Å². The molecule has 1 heterocycles. The fraction of sp³-hybridized carbons (Fsp3) is 0.941. The number of rotatable bonds is 10. The van der Waals surface area contributed by atoms with Gasteiger partial charge in [-0.25, -0.2) is 0 Å². The first kappa shape index (κ1) is 23.9. The van der Waals surface area contributed by atoms with Crippen LogP contribution in [0.1, 0.15) is 33.1 Å². The smallest absolute Gasteiger partial charge is 0.190 e. The van der Waals surface area contributed by atoms with E-state index in [1.54, 1.807) is 0 Å². The van der Waals surface area contributed by atoms with Crippen LogP contribution in [0.5, 0.6) is 0 Å². The second-order valence-corrected chi connectivity index (χ2v) is 7.32. The molecule has 2 N–H and O–H groups in total. The van der Waals surface area contributed by atoms with Crippen molar-refractivity contribution in [3.05, 3.63) is 0 Å². The summed E-state index contributed by atoms with van der Waals surface area (Å²) in [5.74, 6) is 0.857. The van der Waals surface area contributed by atoms with E-state index in [2.05, 4.69) is 48.5 Å². The Morgan fingerprint density at radius 1 is 1.33 bits per heavy atom. The summed E-state index contributed by atoms with van der Waals surface area (Å²) in [6.45, 7) is 9.68. The molecule has 24 heavy (non-hydrogen) atoms. The molecule has 0 spiro atoms. The van der Waals surface area contributed by atoms with Gasteiger partial charge in [0.15, 0.2) is 5.96 Å². The van der Waals surface area contributed by atoms with E-state index in [0.29, 0.717) is 6.10 Å². The van der Waals surface area contributed by atoms with Crippen LogP contribution >= 0.6 is 24.0 Å². The molecule has 0 aromatic heterocycles. The SMILES string of the molecule is CN=C(NCCCOCC1CCCO1)NCC(C)(C)CN(C)C.I. The minimum Gasteiger partial charge on any atom is -0.379 e. The quantitative estimate of drug-likeness (QED) is 0.228. The van der Waals surface area contributed by atoms with Crippen molar-refractivity contribution in [3.63, 3.8) is 0 Å². The van der Waals surface area contributed by atoms with Crippen molar-refractivity contribution >= 4 is 29.9 Å². The first-order valence-electron chi connectivity index (χ1n) is 8.71. The van der Waals surface area contributed by atoms with Crippen LogP contribution in [0, 0.1) is 5.41 Å². The molecular formula is C17H37IN4O2. The third-order valence-corrected chi connectivity index (χ3v) is 3.79. The Labute approximate surface area is 165 Å². The number of nitrogens with zero attached hydrogens (tertiary/aromatic N) is 2. The van der Waals surface area contributed by atoms with Crippen molar-refractivity contribution in [2.75, 3.05) is 60.6 Å². The maximum absolute atomic E-state index is 5.66. The Kier molecular flexibility index (Phi) is 13.1. The summed E-state index contributed by atoms with van der Waals surface area (Å²) >= 11 is 0. The summed E-state index contributed by atoms with van der Waals surface area (Å²) < 4.78 is 11.2. The molecule has 6 nitrogen and oxygen atoms in total. The van der Waals surface area contributed by atoms with Crippen LogP contribution in [-0.2, 0) is 9.47 Å². The summed E-state index contributed by atoms with van der Waals surface area (Å²) in [5.41, 5.74) is 0.200. The topological polar surface area (TPSA) is 58.1 Å². The van der Waals surface area contributed by atoms with E-state index in [1.165, 1.54) is 6.42 Å². The average molecular weight is 456 g/mol. The second kappa shape index (κ2) is 13.1. The molecule has 0 saturated carbocycles. The van der Waals surface area contributed by atoms with Crippen LogP contribution in [0.2, 0.25) is 0 Å². The predicted molar refractivity (Wildman–Crippen MR) is 112 cm³/mol. The van der Waals surface area contributed by atoms with Crippen molar-refractivity contribution in [2.45, 2.75) is 39.2 Å². The molecule has 7 heteroatoms. The molecule has 144 valence electrons. The number of hydrogen-bond donors (Lipinski definition) is 2. The van der Waals surface area contributed by atoms with Gasteiger partial charge in [0.25, 0.3) is 0 Å². The van der Waals surface area contributed by atoms with Crippen molar-refractivity contribution in [1.29, 1.82) is 0 Å². The molecular weight excluding hydrogens is 419 g/mol. The summed E-state index contributed by atoms with van der Waals surface area (Å²) in [6.07, 6.45) is 3.59. The van der Waals surface area contributed by atoms with Crippen LogP contribution in [0.15, 0.2) is 4.99 Å². The van der Waals surface area contributed by atoms with E-state index in [0.717, 1.165) is 58.3 Å². The maximum Gasteiger partial charge on any atom is 0.190 e. The molecule has 1 aliphatic heterocycles. The lowest BCUT2D eigenvalue weighted by atomic mass is 9.93. The fourth-order valence-corrected chi connectivity index (χ4v) is 2.83. The molecule has 1 unspecified atom stereocenters. The van der Waals surface area contributed by atoms with Crippen LogP contribution in [0.25, 0.3) is 0 Å². The normalized spacial score (nSPS) is 18.6. The third kappa shape index (κ3) is 11.4. The van der Waals surface area contributed by atoms with Crippen LogP contribution in [-0.4, -0.2) is 77.6 Å². The molecule has 0 amide bonds. The third-order valence-electron chi connectivity index (χ3n) is 3.79. The Bertz CT molecular complexity index is 345. The molecule has 1 fully saturated rings. The molecule has 1 rings (SSSR count). The van der Waals surface area contributed by atoms with Gasteiger partial charge in [0, 0.05) is 39.9 Å². The van der Waals surface area contributed by atoms with Crippen molar-refractivity contribution in [3.8, 4) is 0 Å². The zero-order chi connectivity index (χ0) is 17.1. The molecule has 0 aromatic carbocycles. The first-order valence-corrected chi connectivity index (χ1v) is 8.71. The van der Waals surface area contributed by atoms with Crippen LogP contribution in [0.4, 0.5) is 0 Å². The Morgan fingerprint density at radius 3 is 2.67 bits per heavy atom. The Morgan fingerprint density at radius 2 is 2.08 bits per heavy atom. The highest BCUT2D eigenvalue weighted by atomic mass is 127. The van der Waals surface area contributed by atoms with Crippen molar-refractivity contribution < 1.29 is 9.47 Å². The van der Waals surface area contributed by atoms with Gasteiger partial charge in [-0.05, 0) is 38.8 Å². The number of nitrogens with one attached hydrogen (secondary N) is 2. The lowest BCUT2D eigenvalue weighted by Gasteiger charge is -2.29. The van der Waals surface area contributed by atoms with Crippen molar-refractivity contribution in [2.24, 2.45) is 10.4 Å². The minimum atomic E-state index is 0. The molecule has 0 radical (unpaired) electrons. The highest BCUT2D eigenvalue weighted by Crippen LogP contribution is 2.14. The number of guanidine groups is 1. The molecule has 0 bridgehead atoms. The van der Waals surface area contributed by atoms with Gasteiger partial charge in [0.2, 0.25) is 0 Å². The summed E-state index contributed by atoms with van der Waals surface area (Å²) in [4.78, 5) is 6.48. The number of ether oxygens (including phenoxy) is 2. The lowest BCUT2D eigenvalue weighted by Crippen LogP contribution is -2.45. The highest BCUT2D eigenvalue weighted by Gasteiger charge is 2.19. The zero-order valence-electron chi connectivity index (χ0n) is 16.1. The van der Waals surface area contributed by atoms with Crippen LogP contribution in [0.3, 0.4) is 0 Å². The van der Waals surface area contributed by atoms with E-state index < -0.39 is 0 Å². The molecule has 0 aliphatic carbocycles. The van der Waals surface area contributed by atoms with Crippen LogP contribution < -0.4 is 10.6 Å². The van der Waals surface area contributed by atoms with Gasteiger partial charge < -0.3 is 25.0 Å². The van der Waals surface area contributed by atoms with Gasteiger partial charge in [-0.3, -0.25) is 4.99 Å². The molecule has 1 atom stereocenters. The van der Waals surface area contributed by atoms with Gasteiger partial charge in [0.05, 0.1) is 12.7 Å². The second-order valence-electron chi connectivity index (χ2n) is 7.32. The monoisotopic (exact) mass is 456 g/mol. The highest BCUT2D eigenvalue weighted by molar-refractivity contribution is 14.0. The number of halogens is 1. The maximum atomic E-state index is 5.66. The minimum absolute atomic E-state index is 0. The number of aliphatic imine (C=N–C) groups is 1. The molecule has 1 saturated heterocycles. The summed E-state index contributed by atoms with van der Waals surface area (Å²) in [7, 11) is 6.01. The van der Waals surface area contributed by atoms with Gasteiger partial charge in [-0.1, -0.05) is 13.8 Å². The molecule has 0 aromatic rings. The fourth-order valence-electron chi connectivity index (χ4n) is 2.83. The average Bonchev–Trinajstić information content (AvgIpc) is 2.97. The summed E-state index contributed by atoms with van der Waals surface area (Å²) in [6, 6.07) is 0. The van der Waals surface area contributed by atoms with Gasteiger partial charge in [-0.2, -0.15) is 0 Å². The van der Waals surface area contributed by atoms with Gasteiger partial charge >= 0.3 is 0 Å². The van der Waals surface area contributed by atoms with E-state index in [4.69, 9.17) is 9.47 Å². The zero-order valence-corrected chi connectivity index (χ0v) is 18.4. The van der Waals surface area contributed by atoms with Gasteiger partial charge in [0.1, 0.15) is 0 Å². The number of hydrogen-bond acceptors (Lipinski definition) is 4. The van der Waals surface area contributed by atoms with Crippen molar-refractivity contribution in [1.82, 2.24) is 15.5 Å². The summed E-state index contributed by atoms with van der Waals surface area (Å²) in [5, 5.41) is 6.74. The Balaban J connectivity index is 0.00000529.